The highest BCUT2D eigenvalue weighted by Gasteiger charge is 2.35. The van der Waals surface area contributed by atoms with Gasteiger partial charge in [-0.15, -0.1) is 0 Å². The monoisotopic (exact) mass is 841 g/mol. The van der Waals surface area contributed by atoms with Crippen LogP contribution in [0.4, 0.5) is 0 Å². The van der Waals surface area contributed by atoms with E-state index in [1.54, 1.807) is 60.7 Å². The fraction of sp³-hybridized carbons (Fsp3) is 0.475. The number of carboxylic acids is 2. The Morgan fingerprint density at radius 2 is 1.22 bits per heavy atom. The number of amides is 7. The zero-order chi connectivity index (χ0) is 44.1. The molecule has 0 saturated heterocycles. The molecule has 19 heteroatoms. The summed E-state index contributed by atoms with van der Waals surface area (Å²) >= 11 is 1.47. The maximum atomic E-state index is 14.3. The van der Waals surface area contributed by atoms with E-state index in [0.717, 1.165) is 4.90 Å². The van der Waals surface area contributed by atoms with Gasteiger partial charge in [0.2, 0.25) is 41.4 Å². The largest absolute Gasteiger partial charge is 0.481 e. The van der Waals surface area contributed by atoms with Crippen LogP contribution in [0.3, 0.4) is 0 Å². The number of aliphatic carboxylic acids is 2. The summed E-state index contributed by atoms with van der Waals surface area (Å²) < 4.78 is 0. The highest BCUT2D eigenvalue weighted by atomic mass is 32.2. The molecule has 2 aromatic carbocycles. The van der Waals surface area contributed by atoms with Crippen molar-refractivity contribution in [2.24, 2.45) is 11.7 Å². The number of primary amides is 1. The normalized spacial score (nSPS) is 13.4. The molecule has 2 aromatic rings. The van der Waals surface area contributed by atoms with E-state index in [9.17, 15) is 48.3 Å². The fourth-order valence-electron chi connectivity index (χ4n) is 5.86. The van der Waals surface area contributed by atoms with Gasteiger partial charge in [0.15, 0.2) is 0 Å². The number of nitrogens with one attached hydrogen (secondary N) is 5. The van der Waals surface area contributed by atoms with Crippen molar-refractivity contribution in [1.82, 2.24) is 31.5 Å². The summed E-state index contributed by atoms with van der Waals surface area (Å²) in [4.78, 5) is 116. The lowest BCUT2D eigenvalue weighted by molar-refractivity contribution is -0.144. The van der Waals surface area contributed by atoms with Gasteiger partial charge in [-0.3, -0.25) is 43.2 Å². The Hall–Kier alpha value is -5.98. The average Bonchev–Trinajstić information content (AvgIpc) is 3.18. The molecule has 9 N–H and O–H groups in total. The maximum absolute atomic E-state index is 14.3. The molecular weight excluding hydrogens is 787 g/mol. The van der Waals surface area contributed by atoms with Gasteiger partial charge in [-0.2, -0.15) is 11.8 Å². The van der Waals surface area contributed by atoms with Gasteiger partial charge < -0.3 is 47.4 Å². The number of carboxylic acid groups (broad SMARTS) is 2. The van der Waals surface area contributed by atoms with Crippen LogP contribution < -0.4 is 32.3 Å². The van der Waals surface area contributed by atoms with E-state index in [1.807, 2.05) is 20.1 Å². The molecule has 0 aromatic heterocycles. The third-order valence-electron chi connectivity index (χ3n) is 8.94. The maximum Gasteiger partial charge on any atom is 0.305 e. The van der Waals surface area contributed by atoms with Crippen LogP contribution in [0.15, 0.2) is 60.7 Å². The van der Waals surface area contributed by atoms with Crippen molar-refractivity contribution in [1.29, 1.82) is 0 Å². The minimum absolute atomic E-state index is 0.0350. The van der Waals surface area contributed by atoms with Crippen LogP contribution in [0.5, 0.6) is 0 Å². The molecule has 18 nitrogen and oxygen atoms in total. The van der Waals surface area contributed by atoms with Gasteiger partial charge in [0.25, 0.3) is 0 Å². The lowest BCUT2D eigenvalue weighted by atomic mass is 10.0. The number of nitrogens with zero attached hydrogens (tertiary/aromatic N) is 1. The first kappa shape index (κ1) is 49.2. The highest BCUT2D eigenvalue weighted by molar-refractivity contribution is 7.98. The van der Waals surface area contributed by atoms with E-state index in [0.29, 0.717) is 23.3 Å². The van der Waals surface area contributed by atoms with E-state index in [2.05, 4.69) is 26.6 Å². The number of hydrogen-bond donors (Lipinski definition) is 8. The predicted molar refractivity (Wildman–Crippen MR) is 218 cm³/mol. The summed E-state index contributed by atoms with van der Waals surface area (Å²) in [5.74, 6) is -7.74. The van der Waals surface area contributed by atoms with Crippen molar-refractivity contribution < 1.29 is 53.4 Å². The van der Waals surface area contributed by atoms with E-state index in [-0.39, 0.29) is 25.2 Å². The lowest BCUT2D eigenvalue weighted by Crippen LogP contribution is -2.59. The first-order valence-corrected chi connectivity index (χ1v) is 20.3. The molecule has 5 atom stereocenters. The number of likely N-dealkylation sites (N-methyl/N-ethyl adjacent to an activating group) is 1. The average molecular weight is 842 g/mol. The molecule has 7 amide bonds. The zero-order valence-electron chi connectivity index (χ0n) is 33.6. The molecule has 0 aliphatic heterocycles. The van der Waals surface area contributed by atoms with Gasteiger partial charge in [-0.05, 0) is 41.9 Å². The van der Waals surface area contributed by atoms with Crippen LogP contribution in [0.1, 0.15) is 57.1 Å². The summed E-state index contributed by atoms with van der Waals surface area (Å²) in [5.41, 5.74) is 6.72. The Kier molecular flexibility index (Phi) is 21.2. The Labute approximate surface area is 347 Å². The summed E-state index contributed by atoms with van der Waals surface area (Å²) in [6.07, 6.45) is 0.224. The van der Waals surface area contributed by atoms with Crippen molar-refractivity contribution in [2.45, 2.75) is 89.0 Å². The quantitative estimate of drug-likeness (QED) is 0.0621. The molecular formula is C40H55N7O11S. The van der Waals surface area contributed by atoms with Gasteiger partial charge in [0.05, 0.1) is 19.4 Å². The number of carbonyl (C=O) groups excluding carboxylic acids is 7. The number of carbonyl (C=O) groups is 9. The van der Waals surface area contributed by atoms with Crippen LogP contribution in [0.25, 0.3) is 0 Å². The fourth-order valence-corrected chi connectivity index (χ4v) is 6.33. The van der Waals surface area contributed by atoms with Crippen LogP contribution >= 0.6 is 11.8 Å². The predicted octanol–water partition coefficient (Wildman–Crippen LogP) is -0.0218. The van der Waals surface area contributed by atoms with E-state index < -0.39 is 109 Å². The van der Waals surface area contributed by atoms with Gasteiger partial charge in [0, 0.05) is 26.3 Å². The summed E-state index contributed by atoms with van der Waals surface area (Å²) in [7, 11) is 1.33. The molecule has 59 heavy (non-hydrogen) atoms. The van der Waals surface area contributed by atoms with Crippen molar-refractivity contribution in [2.75, 3.05) is 25.6 Å². The molecule has 0 aliphatic carbocycles. The standard InChI is InChI=1S/C40H55N7O11S/c1-24(2)19-28(37(55)45-27(36(41)54)17-18-59-4)44-33(49)23-42-39(57)31(21-26-13-9-6-10-14-26)47(3)40(58)30(20-25-11-7-5-8-12-25)46-38(56)29(22-35(52)53)43-32(48)15-16-34(50)51/h5-14,24,27-31H,15-23H2,1-4H3,(H2,41,54)(H,42,57)(H,43,48)(H,44,49)(H,45,55)(H,46,56)(H,50,51)(H,52,53)/t27-,28-,29?,30?,31-/m0/s1. The topological polar surface area (TPSA) is 283 Å². The number of nitrogens with two attached hydrogens (primary N) is 1. The Bertz CT molecular complexity index is 1760. The minimum atomic E-state index is -1.68. The van der Waals surface area contributed by atoms with E-state index in [1.165, 1.54) is 18.8 Å². The minimum Gasteiger partial charge on any atom is -0.481 e. The lowest BCUT2D eigenvalue weighted by Gasteiger charge is -2.32. The zero-order valence-corrected chi connectivity index (χ0v) is 34.4. The van der Waals surface area contributed by atoms with Gasteiger partial charge in [0.1, 0.15) is 30.2 Å². The Balaban J connectivity index is 2.36. The smallest absolute Gasteiger partial charge is 0.305 e. The molecule has 322 valence electrons. The molecule has 0 aliphatic rings. The summed E-state index contributed by atoms with van der Waals surface area (Å²) in [5, 5.41) is 30.9. The number of rotatable bonds is 26. The second-order valence-corrected chi connectivity index (χ2v) is 15.2. The van der Waals surface area contributed by atoms with Gasteiger partial charge in [-0.1, -0.05) is 74.5 Å². The molecule has 0 spiro atoms. The van der Waals surface area contributed by atoms with Gasteiger partial charge in [-0.25, -0.2) is 0 Å². The molecule has 0 fully saturated rings. The first-order valence-electron chi connectivity index (χ1n) is 18.9. The van der Waals surface area contributed by atoms with E-state index in [4.69, 9.17) is 10.8 Å². The third kappa shape index (κ3) is 18.4. The van der Waals surface area contributed by atoms with Crippen molar-refractivity contribution in [3.63, 3.8) is 0 Å². The molecule has 0 bridgehead atoms. The van der Waals surface area contributed by atoms with Crippen molar-refractivity contribution in [3.05, 3.63) is 71.8 Å². The van der Waals surface area contributed by atoms with Crippen molar-refractivity contribution in [3.8, 4) is 0 Å². The molecule has 0 radical (unpaired) electrons. The Morgan fingerprint density at radius 1 is 0.678 bits per heavy atom. The van der Waals surface area contributed by atoms with Crippen molar-refractivity contribution >= 4 is 65.1 Å². The van der Waals surface area contributed by atoms with Crippen LogP contribution in [-0.4, -0.2) is 124 Å². The van der Waals surface area contributed by atoms with Crippen LogP contribution in [0.2, 0.25) is 0 Å². The molecule has 0 heterocycles. The second-order valence-electron chi connectivity index (χ2n) is 14.2. The Morgan fingerprint density at radius 3 is 1.75 bits per heavy atom. The van der Waals surface area contributed by atoms with Gasteiger partial charge >= 0.3 is 11.9 Å². The summed E-state index contributed by atoms with van der Waals surface area (Å²) in [6.45, 7) is 3.09. The number of thioether (sulfide) groups is 1. The number of benzene rings is 2. The number of hydrogen-bond acceptors (Lipinski definition) is 10. The second kappa shape index (κ2) is 25.4. The SMILES string of the molecule is CSCC[C@H](NC(=O)[C@H](CC(C)C)NC(=O)CNC(=O)[C@H](Cc1ccccc1)N(C)C(=O)C(Cc1ccccc1)NC(=O)C(CC(=O)O)NC(=O)CCC(=O)O)C(N)=O. The first-order chi connectivity index (χ1) is 27.9. The highest BCUT2D eigenvalue weighted by Crippen LogP contribution is 2.14. The molecule has 2 rings (SSSR count). The third-order valence-corrected chi connectivity index (χ3v) is 9.58. The van der Waals surface area contributed by atoms with Crippen LogP contribution in [0, 0.1) is 5.92 Å². The molecule has 0 saturated carbocycles. The van der Waals surface area contributed by atoms with E-state index >= 15 is 0 Å². The summed E-state index contributed by atoms with van der Waals surface area (Å²) in [6, 6.07) is 10.8. The molecule has 2 unspecified atom stereocenters. The van der Waals surface area contributed by atoms with Crippen LogP contribution in [-0.2, 0) is 56.0 Å².